The number of hydrogen-bond donors (Lipinski definition) is 1. The molecule has 98 valence electrons. The molecular weight excluding hydrogens is 278 g/mol. The highest BCUT2D eigenvalue weighted by atomic mass is 35.5. The van der Waals surface area contributed by atoms with Crippen LogP contribution in [0, 0.1) is 0 Å². The van der Waals surface area contributed by atoms with Gasteiger partial charge in [-0.3, -0.25) is 4.79 Å². The van der Waals surface area contributed by atoms with Gasteiger partial charge in [-0.1, -0.05) is 24.3 Å². The molecule has 0 aromatic heterocycles. The number of carbonyl (C=O) groups is 1. The van der Waals surface area contributed by atoms with E-state index in [2.05, 4.69) is 5.32 Å². The van der Waals surface area contributed by atoms with Gasteiger partial charge in [0.05, 0.1) is 5.56 Å². The Morgan fingerprint density at radius 3 is 2.74 bits per heavy atom. The molecule has 2 aromatic carbocycles. The first-order chi connectivity index (χ1) is 9.24. The number of anilines is 1. The summed E-state index contributed by atoms with van der Waals surface area (Å²) in [4.78, 5) is 13.2. The third-order valence-corrected chi connectivity index (χ3v) is 3.80. The minimum Gasteiger partial charge on any atom is -0.322 e. The summed E-state index contributed by atoms with van der Waals surface area (Å²) in [5.41, 5.74) is 2.43. The Labute approximate surface area is 122 Å². The van der Waals surface area contributed by atoms with Crippen molar-refractivity contribution in [3.63, 3.8) is 0 Å². The zero-order valence-corrected chi connectivity index (χ0v) is 12.1. The highest BCUT2D eigenvalue weighted by molar-refractivity contribution is 7.98. The molecule has 0 heterocycles. The van der Waals surface area contributed by atoms with E-state index in [-0.39, 0.29) is 5.91 Å². The van der Waals surface area contributed by atoms with E-state index in [0.717, 1.165) is 16.1 Å². The first kappa shape index (κ1) is 14.0. The molecule has 1 N–H and O–H groups in total. The molecule has 2 rings (SSSR count). The molecule has 19 heavy (non-hydrogen) atoms. The molecule has 0 atom stereocenters. The molecule has 0 aliphatic heterocycles. The Balaban J connectivity index is 2.20. The molecule has 0 fully saturated rings. The van der Waals surface area contributed by atoms with Crippen molar-refractivity contribution in [1.82, 2.24) is 0 Å². The van der Waals surface area contributed by atoms with Crippen LogP contribution in [0.5, 0.6) is 0 Å². The third-order valence-electron chi connectivity index (χ3n) is 2.69. The number of amides is 1. The summed E-state index contributed by atoms with van der Waals surface area (Å²) in [6, 6.07) is 15.1. The molecule has 2 nitrogen and oxygen atoms in total. The maximum absolute atomic E-state index is 12.2. The molecule has 0 spiro atoms. The standard InChI is InChI=1S/C15H14ClNOS/c1-19-14-8-3-2-7-13(14)15(18)17-12-6-4-5-11(9-12)10-16/h2-9H,10H2,1H3,(H,17,18). The maximum atomic E-state index is 12.2. The van der Waals surface area contributed by atoms with Crippen LogP contribution in [0.1, 0.15) is 15.9 Å². The van der Waals surface area contributed by atoms with Crippen molar-refractivity contribution >= 4 is 35.0 Å². The number of halogens is 1. The van der Waals surface area contributed by atoms with E-state index >= 15 is 0 Å². The van der Waals surface area contributed by atoms with Crippen LogP contribution in [0.3, 0.4) is 0 Å². The highest BCUT2D eigenvalue weighted by Crippen LogP contribution is 2.21. The van der Waals surface area contributed by atoms with Crippen LogP contribution in [0.15, 0.2) is 53.4 Å². The van der Waals surface area contributed by atoms with Crippen LogP contribution in [-0.2, 0) is 5.88 Å². The number of carbonyl (C=O) groups excluding carboxylic acids is 1. The Hall–Kier alpha value is -1.45. The van der Waals surface area contributed by atoms with E-state index in [0.29, 0.717) is 11.4 Å². The normalized spacial score (nSPS) is 10.2. The molecule has 0 bridgehead atoms. The minimum absolute atomic E-state index is 0.100. The first-order valence-electron chi connectivity index (χ1n) is 5.84. The Morgan fingerprint density at radius 1 is 1.21 bits per heavy atom. The SMILES string of the molecule is CSc1ccccc1C(=O)Nc1cccc(CCl)c1. The average molecular weight is 292 g/mol. The van der Waals surface area contributed by atoms with Crippen LogP contribution >= 0.6 is 23.4 Å². The van der Waals surface area contributed by atoms with Crippen LogP contribution < -0.4 is 5.32 Å². The van der Waals surface area contributed by atoms with Gasteiger partial charge in [0, 0.05) is 16.5 Å². The highest BCUT2D eigenvalue weighted by Gasteiger charge is 2.10. The molecule has 0 aliphatic rings. The molecule has 0 aliphatic carbocycles. The minimum atomic E-state index is -0.100. The van der Waals surface area contributed by atoms with Gasteiger partial charge in [0.1, 0.15) is 0 Å². The summed E-state index contributed by atoms with van der Waals surface area (Å²) in [6.07, 6.45) is 1.96. The lowest BCUT2D eigenvalue weighted by atomic mass is 10.2. The summed E-state index contributed by atoms with van der Waals surface area (Å²) < 4.78 is 0. The van der Waals surface area contributed by atoms with Crippen molar-refractivity contribution in [3.8, 4) is 0 Å². The molecular formula is C15H14ClNOS. The number of alkyl halides is 1. The topological polar surface area (TPSA) is 29.1 Å². The van der Waals surface area contributed by atoms with Crippen molar-refractivity contribution in [2.45, 2.75) is 10.8 Å². The summed E-state index contributed by atoms with van der Waals surface area (Å²) >= 11 is 7.34. The summed E-state index contributed by atoms with van der Waals surface area (Å²) in [5, 5.41) is 2.90. The molecule has 0 saturated heterocycles. The second-order valence-electron chi connectivity index (χ2n) is 3.99. The van der Waals surface area contributed by atoms with Gasteiger partial charge in [-0.25, -0.2) is 0 Å². The van der Waals surface area contributed by atoms with E-state index in [9.17, 15) is 4.79 Å². The lowest BCUT2D eigenvalue weighted by molar-refractivity contribution is 0.102. The first-order valence-corrected chi connectivity index (χ1v) is 7.60. The van der Waals surface area contributed by atoms with E-state index in [4.69, 9.17) is 11.6 Å². The quantitative estimate of drug-likeness (QED) is 0.668. The van der Waals surface area contributed by atoms with Gasteiger partial charge in [0.15, 0.2) is 0 Å². The monoisotopic (exact) mass is 291 g/mol. The second-order valence-corrected chi connectivity index (χ2v) is 5.10. The number of rotatable bonds is 4. The number of hydrogen-bond acceptors (Lipinski definition) is 2. The molecule has 2 aromatic rings. The Kier molecular flexibility index (Phi) is 4.88. The van der Waals surface area contributed by atoms with Crippen molar-refractivity contribution in [2.75, 3.05) is 11.6 Å². The molecule has 4 heteroatoms. The molecule has 0 radical (unpaired) electrons. The molecule has 0 unspecified atom stereocenters. The summed E-state index contributed by atoms with van der Waals surface area (Å²) in [6.45, 7) is 0. The number of nitrogens with one attached hydrogen (secondary N) is 1. The van der Waals surface area contributed by atoms with Crippen LogP contribution in [0.4, 0.5) is 5.69 Å². The number of benzene rings is 2. The zero-order chi connectivity index (χ0) is 13.7. The van der Waals surface area contributed by atoms with E-state index in [1.165, 1.54) is 0 Å². The zero-order valence-electron chi connectivity index (χ0n) is 10.5. The van der Waals surface area contributed by atoms with Gasteiger partial charge < -0.3 is 5.32 Å². The largest absolute Gasteiger partial charge is 0.322 e. The smallest absolute Gasteiger partial charge is 0.256 e. The van der Waals surface area contributed by atoms with E-state index < -0.39 is 0 Å². The predicted octanol–water partition coefficient (Wildman–Crippen LogP) is 4.40. The van der Waals surface area contributed by atoms with Crippen molar-refractivity contribution in [3.05, 3.63) is 59.7 Å². The van der Waals surface area contributed by atoms with Crippen LogP contribution in [0.25, 0.3) is 0 Å². The fraction of sp³-hybridized carbons (Fsp3) is 0.133. The molecule has 1 amide bonds. The van der Waals surface area contributed by atoms with E-state index in [1.807, 2.05) is 54.8 Å². The lowest BCUT2D eigenvalue weighted by Gasteiger charge is -2.09. The van der Waals surface area contributed by atoms with Gasteiger partial charge in [0.25, 0.3) is 5.91 Å². The predicted molar refractivity (Wildman–Crippen MR) is 82.2 cm³/mol. The third kappa shape index (κ3) is 3.52. The van der Waals surface area contributed by atoms with Gasteiger partial charge in [-0.2, -0.15) is 0 Å². The van der Waals surface area contributed by atoms with Crippen molar-refractivity contribution in [2.24, 2.45) is 0 Å². The second kappa shape index (κ2) is 6.64. The fourth-order valence-corrected chi connectivity index (χ4v) is 2.52. The van der Waals surface area contributed by atoms with Crippen molar-refractivity contribution < 1.29 is 4.79 Å². The van der Waals surface area contributed by atoms with Gasteiger partial charge >= 0.3 is 0 Å². The van der Waals surface area contributed by atoms with Gasteiger partial charge in [0.2, 0.25) is 0 Å². The van der Waals surface area contributed by atoms with Gasteiger partial charge in [-0.05, 0) is 36.1 Å². The maximum Gasteiger partial charge on any atom is 0.256 e. The summed E-state index contributed by atoms with van der Waals surface area (Å²) in [7, 11) is 0. The average Bonchev–Trinajstić information content (AvgIpc) is 2.47. The van der Waals surface area contributed by atoms with Crippen LogP contribution in [-0.4, -0.2) is 12.2 Å². The lowest BCUT2D eigenvalue weighted by Crippen LogP contribution is -2.12. The number of thioether (sulfide) groups is 1. The fourth-order valence-electron chi connectivity index (χ4n) is 1.76. The van der Waals surface area contributed by atoms with Crippen molar-refractivity contribution in [1.29, 1.82) is 0 Å². The molecule has 0 saturated carbocycles. The Morgan fingerprint density at radius 2 is 2.00 bits per heavy atom. The van der Waals surface area contributed by atoms with Crippen LogP contribution in [0.2, 0.25) is 0 Å². The Bertz CT molecular complexity index is 586. The van der Waals surface area contributed by atoms with E-state index in [1.54, 1.807) is 11.8 Å². The van der Waals surface area contributed by atoms with Gasteiger partial charge in [-0.15, -0.1) is 23.4 Å². The summed E-state index contributed by atoms with van der Waals surface area (Å²) in [5.74, 6) is 0.335.